The normalized spacial score (nSPS) is 27.5. The van der Waals surface area contributed by atoms with Crippen LogP contribution in [0.3, 0.4) is 0 Å². The highest BCUT2D eigenvalue weighted by atomic mass is 16.5. The van der Waals surface area contributed by atoms with Crippen molar-refractivity contribution < 1.29 is 19.0 Å². The molecule has 2 fully saturated rings. The molecule has 0 aromatic rings. The molecule has 0 saturated carbocycles. The predicted octanol–water partition coefficient (Wildman–Crippen LogP) is 0.746. The Morgan fingerprint density at radius 2 is 2.25 bits per heavy atom. The molecule has 2 aliphatic rings. The molecule has 1 N–H and O–H groups in total. The van der Waals surface area contributed by atoms with Gasteiger partial charge in [0.25, 0.3) is 0 Å². The number of nitrogens with one attached hydrogen (secondary N) is 1. The molecule has 0 bridgehead atoms. The Kier molecular flexibility index (Phi) is 7.78. The van der Waals surface area contributed by atoms with Gasteiger partial charge in [0.1, 0.15) is 0 Å². The van der Waals surface area contributed by atoms with Gasteiger partial charge >= 0.3 is 5.97 Å². The van der Waals surface area contributed by atoms with E-state index in [9.17, 15) is 4.79 Å². The lowest BCUT2D eigenvalue weighted by atomic mass is 9.99. The van der Waals surface area contributed by atoms with Crippen LogP contribution in [-0.4, -0.2) is 77.0 Å². The highest BCUT2D eigenvalue weighted by molar-refractivity contribution is 5.82. The lowest BCUT2D eigenvalue weighted by molar-refractivity contribution is -0.145. The van der Waals surface area contributed by atoms with E-state index < -0.39 is 0 Å². The molecule has 2 aliphatic heterocycles. The van der Waals surface area contributed by atoms with Crippen LogP contribution in [-0.2, 0) is 19.0 Å². The fourth-order valence-corrected chi connectivity index (χ4v) is 3.27. The summed E-state index contributed by atoms with van der Waals surface area (Å²) >= 11 is 0. The van der Waals surface area contributed by atoms with E-state index in [1.807, 2.05) is 0 Å². The van der Waals surface area contributed by atoms with E-state index in [-0.39, 0.29) is 17.8 Å². The minimum atomic E-state index is -0.134. The van der Waals surface area contributed by atoms with Crippen molar-refractivity contribution in [1.82, 2.24) is 10.2 Å². The van der Waals surface area contributed by atoms with Gasteiger partial charge in [0, 0.05) is 45.8 Å². The first-order chi connectivity index (χ1) is 11.7. The zero-order valence-electron chi connectivity index (χ0n) is 15.1. The number of hydrogen-bond donors (Lipinski definition) is 1. The molecular weight excluding hydrogens is 310 g/mol. The molecule has 0 spiro atoms. The lowest BCUT2D eigenvalue weighted by Gasteiger charge is -2.21. The molecule has 3 unspecified atom stereocenters. The Hall–Kier alpha value is -1.34. The molecule has 2 rings (SSSR count). The molecule has 0 aromatic heterocycles. The standard InChI is InChI=1S/C17H31N3O4/c1-13-9-20(10-15(13)16(21)22-3)17(18-2)19-6-4-7-23-11-14-5-8-24-12-14/h13-15H,4-12H2,1-3H3,(H,18,19). The Bertz CT molecular complexity index is 424. The number of methoxy groups -OCH3 is 1. The van der Waals surface area contributed by atoms with Crippen LogP contribution >= 0.6 is 0 Å². The summed E-state index contributed by atoms with van der Waals surface area (Å²) in [4.78, 5) is 18.2. The van der Waals surface area contributed by atoms with Crippen molar-refractivity contribution in [2.24, 2.45) is 22.7 Å². The van der Waals surface area contributed by atoms with Crippen LogP contribution in [0.15, 0.2) is 4.99 Å². The van der Waals surface area contributed by atoms with Gasteiger partial charge in [-0.1, -0.05) is 6.92 Å². The Balaban J connectivity index is 1.62. The average Bonchev–Trinajstić information content (AvgIpc) is 3.23. The second-order valence-corrected chi connectivity index (χ2v) is 6.64. The van der Waals surface area contributed by atoms with Crippen LogP contribution in [0.25, 0.3) is 0 Å². The van der Waals surface area contributed by atoms with Crippen LogP contribution in [0.2, 0.25) is 0 Å². The lowest BCUT2D eigenvalue weighted by Crippen LogP contribution is -2.41. The molecule has 0 aromatic carbocycles. The average molecular weight is 341 g/mol. The smallest absolute Gasteiger partial charge is 0.310 e. The van der Waals surface area contributed by atoms with E-state index in [1.54, 1.807) is 7.05 Å². The maximum Gasteiger partial charge on any atom is 0.310 e. The molecule has 7 nitrogen and oxygen atoms in total. The quantitative estimate of drug-likeness (QED) is 0.319. The number of esters is 1. The van der Waals surface area contributed by atoms with E-state index in [2.05, 4.69) is 22.1 Å². The minimum absolute atomic E-state index is 0.0782. The molecule has 0 radical (unpaired) electrons. The first kappa shape index (κ1) is 19.0. The highest BCUT2D eigenvalue weighted by Gasteiger charge is 2.36. The molecule has 24 heavy (non-hydrogen) atoms. The number of nitrogens with zero attached hydrogens (tertiary/aromatic N) is 2. The monoisotopic (exact) mass is 341 g/mol. The van der Waals surface area contributed by atoms with Gasteiger partial charge < -0.3 is 24.4 Å². The fraction of sp³-hybridized carbons (Fsp3) is 0.882. The second kappa shape index (κ2) is 9.84. The van der Waals surface area contributed by atoms with E-state index in [4.69, 9.17) is 14.2 Å². The van der Waals surface area contributed by atoms with Gasteiger partial charge in [0.2, 0.25) is 0 Å². The summed E-state index contributed by atoms with van der Waals surface area (Å²) in [7, 11) is 3.22. The molecule has 0 amide bonds. The zero-order valence-corrected chi connectivity index (χ0v) is 15.1. The van der Waals surface area contributed by atoms with Crippen LogP contribution in [0, 0.1) is 17.8 Å². The van der Waals surface area contributed by atoms with Gasteiger partial charge in [-0.25, -0.2) is 0 Å². The van der Waals surface area contributed by atoms with Crippen molar-refractivity contribution >= 4 is 11.9 Å². The third kappa shape index (κ3) is 5.34. The Morgan fingerprint density at radius 1 is 1.42 bits per heavy atom. The van der Waals surface area contributed by atoms with Gasteiger partial charge in [-0.15, -0.1) is 0 Å². The van der Waals surface area contributed by atoms with E-state index in [1.165, 1.54) is 7.11 Å². The zero-order chi connectivity index (χ0) is 17.4. The maximum atomic E-state index is 11.8. The summed E-state index contributed by atoms with van der Waals surface area (Å²) in [5.41, 5.74) is 0. The summed E-state index contributed by atoms with van der Waals surface area (Å²) in [5.74, 6) is 1.47. The Morgan fingerprint density at radius 3 is 2.92 bits per heavy atom. The summed E-state index contributed by atoms with van der Waals surface area (Å²) in [6.45, 7) is 7.59. The van der Waals surface area contributed by atoms with E-state index in [0.717, 1.165) is 58.3 Å². The summed E-state index contributed by atoms with van der Waals surface area (Å²) in [6, 6.07) is 0. The highest BCUT2D eigenvalue weighted by Crippen LogP contribution is 2.24. The molecule has 138 valence electrons. The van der Waals surface area contributed by atoms with Gasteiger partial charge in [-0.2, -0.15) is 0 Å². The third-order valence-corrected chi connectivity index (χ3v) is 4.75. The first-order valence-electron chi connectivity index (χ1n) is 8.84. The van der Waals surface area contributed by atoms with Crippen molar-refractivity contribution in [3.05, 3.63) is 0 Å². The molecule has 2 heterocycles. The maximum absolute atomic E-state index is 11.8. The van der Waals surface area contributed by atoms with Crippen LogP contribution < -0.4 is 5.32 Å². The van der Waals surface area contributed by atoms with Crippen molar-refractivity contribution in [3.63, 3.8) is 0 Å². The van der Waals surface area contributed by atoms with Gasteiger partial charge in [-0.05, 0) is 18.8 Å². The molecule has 0 aliphatic carbocycles. The summed E-state index contributed by atoms with van der Waals surface area (Å²) in [6.07, 6.45) is 2.04. The molecular formula is C17H31N3O4. The van der Waals surface area contributed by atoms with E-state index >= 15 is 0 Å². The van der Waals surface area contributed by atoms with Crippen LogP contribution in [0.4, 0.5) is 0 Å². The number of rotatable bonds is 7. The van der Waals surface area contributed by atoms with Crippen LogP contribution in [0.1, 0.15) is 19.8 Å². The van der Waals surface area contributed by atoms with Gasteiger partial charge in [0.05, 0.1) is 26.2 Å². The SMILES string of the molecule is CN=C(NCCCOCC1CCOC1)N1CC(C)C(C(=O)OC)C1. The number of guanidine groups is 1. The molecule has 2 saturated heterocycles. The van der Waals surface area contributed by atoms with Gasteiger partial charge in [-0.3, -0.25) is 9.79 Å². The Labute approximate surface area is 144 Å². The number of carbonyl (C=O) groups excluding carboxylic acids is 1. The summed E-state index contributed by atoms with van der Waals surface area (Å²) < 4.78 is 15.9. The molecule has 3 atom stereocenters. The summed E-state index contributed by atoms with van der Waals surface area (Å²) in [5, 5.41) is 3.36. The topological polar surface area (TPSA) is 72.4 Å². The van der Waals surface area contributed by atoms with Crippen LogP contribution in [0.5, 0.6) is 0 Å². The largest absolute Gasteiger partial charge is 0.469 e. The molecule has 7 heteroatoms. The minimum Gasteiger partial charge on any atom is -0.469 e. The van der Waals surface area contributed by atoms with Crippen molar-refractivity contribution in [2.45, 2.75) is 19.8 Å². The number of hydrogen-bond acceptors (Lipinski definition) is 5. The van der Waals surface area contributed by atoms with Crippen molar-refractivity contribution in [3.8, 4) is 0 Å². The van der Waals surface area contributed by atoms with Crippen molar-refractivity contribution in [1.29, 1.82) is 0 Å². The first-order valence-corrected chi connectivity index (χ1v) is 8.84. The number of ether oxygens (including phenoxy) is 3. The van der Waals surface area contributed by atoms with Gasteiger partial charge in [0.15, 0.2) is 5.96 Å². The van der Waals surface area contributed by atoms with Crippen molar-refractivity contribution in [2.75, 3.05) is 60.2 Å². The fourth-order valence-electron chi connectivity index (χ4n) is 3.27. The number of likely N-dealkylation sites (tertiary alicyclic amines) is 1. The predicted molar refractivity (Wildman–Crippen MR) is 92.0 cm³/mol. The van der Waals surface area contributed by atoms with E-state index in [0.29, 0.717) is 12.5 Å². The number of aliphatic imine (C=N–C) groups is 1. The number of carbonyl (C=O) groups is 1. The third-order valence-electron chi connectivity index (χ3n) is 4.75. The second-order valence-electron chi connectivity index (χ2n) is 6.64.